The molecule has 1 N–H and O–H groups in total. The van der Waals surface area contributed by atoms with Gasteiger partial charge in [-0.1, -0.05) is 36.7 Å². The van der Waals surface area contributed by atoms with Gasteiger partial charge in [-0.3, -0.25) is 9.59 Å². The van der Waals surface area contributed by atoms with Gasteiger partial charge < -0.3 is 10.2 Å². The summed E-state index contributed by atoms with van der Waals surface area (Å²) in [6.45, 7) is 4.48. The topological polar surface area (TPSA) is 75.2 Å². The predicted molar refractivity (Wildman–Crippen MR) is 111 cm³/mol. The van der Waals surface area contributed by atoms with Gasteiger partial charge in [0.1, 0.15) is 5.01 Å². The lowest BCUT2D eigenvalue weighted by atomic mass is 9.90. The summed E-state index contributed by atoms with van der Waals surface area (Å²) in [4.78, 5) is 26.9. The number of carbonyl (C=O) groups is 2. The minimum absolute atomic E-state index is 0.0106. The Bertz CT molecular complexity index is 888. The van der Waals surface area contributed by atoms with Crippen LogP contribution in [-0.2, 0) is 9.59 Å². The van der Waals surface area contributed by atoms with Crippen LogP contribution in [0.3, 0.4) is 0 Å². The van der Waals surface area contributed by atoms with E-state index >= 15 is 0 Å². The van der Waals surface area contributed by atoms with Gasteiger partial charge >= 0.3 is 0 Å². The third kappa shape index (κ3) is 3.94. The molecular formula is C21H26N4O2S. The molecule has 1 aromatic heterocycles. The summed E-state index contributed by atoms with van der Waals surface area (Å²) in [7, 11) is 0. The maximum absolute atomic E-state index is 12.7. The molecule has 28 heavy (non-hydrogen) atoms. The second-order valence-electron chi connectivity index (χ2n) is 7.94. The summed E-state index contributed by atoms with van der Waals surface area (Å²) in [6, 6.07) is 5.97. The Hall–Kier alpha value is -2.28. The SMILES string of the molecule is Cc1ccc(N2CC(C(=O)Nc3nnc(C4CCCCC4)s3)CC2=O)cc1C. The maximum Gasteiger partial charge on any atom is 0.231 e. The van der Waals surface area contributed by atoms with Crippen LogP contribution < -0.4 is 10.2 Å². The smallest absolute Gasteiger partial charge is 0.231 e. The Labute approximate surface area is 169 Å². The number of hydrogen-bond acceptors (Lipinski definition) is 5. The number of aromatic nitrogens is 2. The maximum atomic E-state index is 12.7. The Kier molecular flexibility index (Phi) is 5.44. The molecule has 0 radical (unpaired) electrons. The average molecular weight is 399 g/mol. The Morgan fingerprint density at radius 3 is 2.68 bits per heavy atom. The molecule has 4 rings (SSSR count). The van der Waals surface area contributed by atoms with E-state index in [1.165, 1.54) is 36.2 Å². The van der Waals surface area contributed by atoms with Crippen LogP contribution in [0.1, 0.15) is 60.6 Å². The van der Waals surface area contributed by atoms with Crippen molar-refractivity contribution in [3.63, 3.8) is 0 Å². The van der Waals surface area contributed by atoms with Crippen LogP contribution in [-0.4, -0.2) is 28.6 Å². The van der Waals surface area contributed by atoms with Crippen molar-refractivity contribution < 1.29 is 9.59 Å². The molecule has 0 bridgehead atoms. The summed E-state index contributed by atoms with van der Waals surface area (Å²) >= 11 is 1.48. The van der Waals surface area contributed by atoms with Crippen molar-refractivity contribution in [2.45, 2.75) is 58.3 Å². The minimum atomic E-state index is -0.365. The van der Waals surface area contributed by atoms with Gasteiger partial charge in [0.25, 0.3) is 0 Å². The molecule has 1 saturated carbocycles. The van der Waals surface area contributed by atoms with E-state index in [-0.39, 0.29) is 24.2 Å². The molecule has 1 saturated heterocycles. The van der Waals surface area contributed by atoms with Crippen molar-refractivity contribution in [1.29, 1.82) is 0 Å². The number of carbonyl (C=O) groups excluding carboxylic acids is 2. The quantitative estimate of drug-likeness (QED) is 0.838. The van der Waals surface area contributed by atoms with Crippen molar-refractivity contribution in [3.05, 3.63) is 34.3 Å². The predicted octanol–water partition coefficient (Wildman–Crippen LogP) is 4.19. The molecule has 2 fully saturated rings. The molecule has 6 nitrogen and oxygen atoms in total. The third-order valence-electron chi connectivity index (χ3n) is 5.92. The van der Waals surface area contributed by atoms with Crippen LogP contribution in [0.15, 0.2) is 18.2 Å². The van der Waals surface area contributed by atoms with Gasteiger partial charge in [-0.15, -0.1) is 10.2 Å². The number of aryl methyl sites for hydroxylation is 2. The van der Waals surface area contributed by atoms with E-state index in [1.54, 1.807) is 4.90 Å². The van der Waals surface area contributed by atoms with E-state index in [0.717, 1.165) is 29.1 Å². The lowest BCUT2D eigenvalue weighted by molar-refractivity contribution is -0.122. The fourth-order valence-electron chi connectivity index (χ4n) is 4.03. The van der Waals surface area contributed by atoms with Gasteiger partial charge in [-0.2, -0.15) is 0 Å². The molecule has 2 amide bonds. The molecule has 2 aromatic rings. The second-order valence-corrected chi connectivity index (χ2v) is 8.95. The van der Waals surface area contributed by atoms with Gasteiger partial charge in [0, 0.05) is 24.6 Å². The van der Waals surface area contributed by atoms with Crippen molar-refractivity contribution in [2.75, 3.05) is 16.8 Å². The first-order valence-corrected chi connectivity index (χ1v) is 10.8. The molecule has 1 atom stereocenters. The number of nitrogens with one attached hydrogen (secondary N) is 1. The number of anilines is 2. The molecule has 0 spiro atoms. The summed E-state index contributed by atoms with van der Waals surface area (Å²) in [5.74, 6) is -0.0454. The molecule has 148 valence electrons. The van der Waals surface area contributed by atoms with Crippen molar-refractivity contribution in [2.24, 2.45) is 5.92 Å². The van der Waals surface area contributed by atoms with Crippen LogP contribution in [0, 0.1) is 19.8 Å². The average Bonchev–Trinajstić information content (AvgIpc) is 3.31. The third-order valence-corrected chi connectivity index (χ3v) is 6.92. The van der Waals surface area contributed by atoms with Crippen LogP contribution in [0.4, 0.5) is 10.8 Å². The fourth-order valence-corrected chi connectivity index (χ4v) is 4.95. The van der Waals surface area contributed by atoms with E-state index < -0.39 is 0 Å². The summed E-state index contributed by atoms with van der Waals surface area (Å²) in [5.41, 5.74) is 3.19. The molecule has 1 aromatic carbocycles. The van der Waals surface area contributed by atoms with Gasteiger partial charge in [-0.05, 0) is 49.9 Å². The summed E-state index contributed by atoms with van der Waals surface area (Å²) in [5, 5.41) is 12.9. The second kappa shape index (κ2) is 7.99. The Balaban J connectivity index is 1.39. The highest BCUT2D eigenvalue weighted by atomic mass is 32.1. The highest BCUT2D eigenvalue weighted by Gasteiger charge is 2.35. The standard InChI is InChI=1S/C21H26N4O2S/c1-13-8-9-17(10-14(13)2)25-12-16(11-18(25)26)19(27)22-21-24-23-20(28-21)15-6-4-3-5-7-15/h8-10,15-16H,3-7,11-12H2,1-2H3,(H,22,24,27). The minimum Gasteiger partial charge on any atom is -0.312 e. The van der Waals surface area contributed by atoms with E-state index in [4.69, 9.17) is 0 Å². The lowest BCUT2D eigenvalue weighted by Gasteiger charge is -2.18. The molecule has 1 unspecified atom stereocenters. The number of amides is 2. The zero-order chi connectivity index (χ0) is 19.7. The fraction of sp³-hybridized carbons (Fsp3) is 0.524. The van der Waals surface area contributed by atoms with E-state index in [9.17, 15) is 9.59 Å². The molecule has 1 aliphatic carbocycles. The van der Waals surface area contributed by atoms with Crippen LogP contribution in [0.25, 0.3) is 0 Å². The van der Waals surface area contributed by atoms with E-state index in [1.807, 2.05) is 32.0 Å². The van der Waals surface area contributed by atoms with Crippen LogP contribution in [0.5, 0.6) is 0 Å². The first kappa shape index (κ1) is 19.1. The van der Waals surface area contributed by atoms with Crippen molar-refractivity contribution in [3.8, 4) is 0 Å². The molecule has 1 aliphatic heterocycles. The van der Waals surface area contributed by atoms with E-state index in [0.29, 0.717) is 17.6 Å². The zero-order valence-electron chi connectivity index (χ0n) is 16.4. The van der Waals surface area contributed by atoms with Gasteiger partial charge in [-0.25, -0.2) is 0 Å². The number of nitrogens with zero attached hydrogens (tertiary/aromatic N) is 3. The highest BCUT2D eigenvalue weighted by molar-refractivity contribution is 7.15. The summed E-state index contributed by atoms with van der Waals surface area (Å²) in [6.07, 6.45) is 6.32. The van der Waals surface area contributed by atoms with E-state index in [2.05, 4.69) is 15.5 Å². The first-order valence-electron chi connectivity index (χ1n) is 10.0. The van der Waals surface area contributed by atoms with Gasteiger partial charge in [0.05, 0.1) is 5.92 Å². The van der Waals surface area contributed by atoms with Crippen LogP contribution >= 0.6 is 11.3 Å². The number of hydrogen-bond donors (Lipinski definition) is 1. The molecular weight excluding hydrogens is 372 g/mol. The number of benzene rings is 1. The molecule has 2 aliphatic rings. The normalized spacial score (nSPS) is 20.6. The lowest BCUT2D eigenvalue weighted by Crippen LogP contribution is -2.28. The van der Waals surface area contributed by atoms with Crippen LogP contribution in [0.2, 0.25) is 0 Å². The Morgan fingerprint density at radius 1 is 1.14 bits per heavy atom. The first-order chi connectivity index (χ1) is 13.5. The zero-order valence-corrected chi connectivity index (χ0v) is 17.2. The van der Waals surface area contributed by atoms with Crippen molar-refractivity contribution >= 4 is 34.0 Å². The monoisotopic (exact) mass is 398 g/mol. The summed E-state index contributed by atoms with van der Waals surface area (Å²) < 4.78 is 0. The Morgan fingerprint density at radius 2 is 1.93 bits per heavy atom. The van der Waals surface area contributed by atoms with Gasteiger partial charge in [0.2, 0.25) is 16.9 Å². The largest absolute Gasteiger partial charge is 0.312 e. The van der Waals surface area contributed by atoms with Crippen molar-refractivity contribution in [1.82, 2.24) is 10.2 Å². The molecule has 7 heteroatoms. The highest BCUT2D eigenvalue weighted by Crippen LogP contribution is 2.35. The van der Waals surface area contributed by atoms with Gasteiger partial charge in [0.15, 0.2) is 0 Å². The number of rotatable bonds is 4. The molecule has 2 heterocycles.